The molecule has 1 aliphatic rings. The number of nitrogens with zero attached hydrogens (tertiary/aromatic N) is 2. The Balaban J connectivity index is 2.89. The molecule has 0 fully saturated rings. The monoisotopic (exact) mass is 134 g/mol. The van der Waals surface area contributed by atoms with Gasteiger partial charge < -0.3 is 0 Å². The van der Waals surface area contributed by atoms with Gasteiger partial charge in [-0.25, -0.2) is 8.42 Å². The van der Waals surface area contributed by atoms with Crippen molar-refractivity contribution in [1.29, 1.82) is 0 Å². The number of hydrogen-bond acceptors (Lipinski definition) is 3. The van der Waals surface area contributed by atoms with Gasteiger partial charge in [-0.2, -0.15) is 5.11 Å². The molecule has 5 heteroatoms. The Hall–Kier alpha value is -0.450. The number of hydrogen-bond donors (Lipinski definition) is 0. The highest BCUT2D eigenvalue weighted by molar-refractivity contribution is 7.90. The summed E-state index contributed by atoms with van der Waals surface area (Å²) in [5.41, 5.74) is 0. The maximum Gasteiger partial charge on any atom is 0.272 e. The highest BCUT2D eigenvalue weighted by Gasteiger charge is 2.20. The summed E-state index contributed by atoms with van der Waals surface area (Å²) in [4.78, 5) is 0. The first-order valence-corrected chi connectivity index (χ1v) is 3.86. The molecule has 0 spiro atoms. The van der Waals surface area contributed by atoms with Crippen LogP contribution >= 0.6 is 0 Å². The summed E-state index contributed by atoms with van der Waals surface area (Å²) in [7, 11) is -3.14. The zero-order chi connectivity index (χ0) is 6.20. The van der Waals surface area contributed by atoms with E-state index >= 15 is 0 Å². The highest BCUT2D eigenvalue weighted by atomic mass is 32.2. The Labute approximate surface area is 47.7 Å². The molecule has 0 saturated heterocycles. The molecule has 4 nitrogen and oxygen atoms in total. The lowest BCUT2D eigenvalue weighted by molar-refractivity contribution is 0.599. The second kappa shape index (κ2) is 1.51. The first kappa shape index (κ1) is 5.68. The molecule has 1 unspecified atom stereocenters. The third-order valence-electron chi connectivity index (χ3n) is 0.820. The Kier molecular flexibility index (Phi) is 1.07. The first-order valence-electron chi connectivity index (χ1n) is 2.25. The molecule has 8 heavy (non-hydrogen) atoms. The van der Waals surface area contributed by atoms with E-state index in [9.17, 15) is 8.42 Å². The second-order valence-corrected chi connectivity index (χ2v) is 3.46. The summed E-state index contributed by atoms with van der Waals surface area (Å²) >= 11 is 0. The van der Waals surface area contributed by atoms with Gasteiger partial charge >= 0.3 is 0 Å². The van der Waals surface area contributed by atoms with Gasteiger partial charge in [-0.15, -0.1) is 0 Å². The predicted molar refractivity (Wildman–Crippen MR) is 28.1 cm³/mol. The van der Waals surface area contributed by atoms with Crippen molar-refractivity contribution in [2.24, 2.45) is 9.63 Å². The third-order valence-corrected chi connectivity index (χ3v) is 2.07. The van der Waals surface area contributed by atoms with Gasteiger partial charge in [-0.1, -0.05) is 4.52 Å². The van der Waals surface area contributed by atoms with Crippen LogP contribution in [-0.2, 0) is 10.0 Å². The summed E-state index contributed by atoms with van der Waals surface area (Å²) < 4.78 is 23.8. The van der Waals surface area contributed by atoms with E-state index in [2.05, 4.69) is 9.63 Å². The zero-order valence-corrected chi connectivity index (χ0v) is 5.22. The molecule has 0 aromatic carbocycles. The summed E-state index contributed by atoms with van der Waals surface area (Å²) in [6.45, 7) is 1.72. The van der Waals surface area contributed by atoms with Crippen LogP contribution in [-0.4, -0.2) is 20.2 Å². The van der Waals surface area contributed by atoms with Crippen LogP contribution in [0, 0.1) is 0 Å². The van der Waals surface area contributed by atoms with Crippen LogP contribution in [0.5, 0.6) is 0 Å². The van der Waals surface area contributed by atoms with Crippen LogP contribution in [0.3, 0.4) is 0 Å². The molecule has 46 valence electrons. The van der Waals surface area contributed by atoms with Crippen molar-refractivity contribution in [2.45, 2.75) is 13.0 Å². The van der Waals surface area contributed by atoms with Crippen LogP contribution in [0.15, 0.2) is 9.63 Å². The van der Waals surface area contributed by atoms with E-state index in [1.807, 2.05) is 0 Å². The minimum absolute atomic E-state index is 0.0764. The molecular formula is C3H6N2O2S. The van der Waals surface area contributed by atoms with E-state index < -0.39 is 10.0 Å². The minimum Gasteiger partial charge on any atom is -0.203 e. The minimum atomic E-state index is -3.14. The van der Waals surface area contributed by atoms with Crippen LogP contribution in [0.25, 0.3) is 0 Å². The van der Waals surface area contributed by atoms with Crippen molar-refractivity contribution in [3.05, 3.63) is 0 Å². The smallest absolute Gasteiger partial charge is 0.203 e. The maximum atomic E-state index is 10.4. The van der Waals surface area contributed by atoms with Crippen molar-refractivity contribution in [3.63, 3.8) is 0 Å². The highest BCUT2D eigenvalue weighted by Crippen LogP contribution is 2.08. The molecule has 1 atom stereocenters. The van der Waals surface area contributed by atoms with Crippen molar-refractivity contribution in [2.75, 3.05) is 5.75 Å². The molecule has 0 amide bonds. The summed E-state index contributed by atoms with van der Waals surface area (Å²) in [6, 6.07) is -0.139. The second-order valence-electron chi connectivity index (χ2n) is 1.79. The molecule has 0 N–H and O–H groups in total. The Bertz CT molecular complexity index is 205. The molecule has 0 radical (unpaired) electrons. The molecule has 0 aromatic heterocycles. The standard InChI is InChI=1S/C3H6N2O2S/c1-3-2-8(6,7)5-4-3/h3H,2H2,1H3. The van der Waals surface area contributed by atoms with Gasteiger partial charge in [-0.05, 0) is 6.92 Å². The fourth-order valence-electron chi connectivity index (χ4n) is 0.524. The quantitative estimate of drug-likeness (QED) is 0.474. The van der Waals surface area contributed by atoms with E-state index in [4.69, 9.17) is 0 Å². The van der Waals surface area contributed by atoms with E-state index in [1.54, 1.807) is 6.92 Å². The molecule has 1 rings (SSSR count). The van der Waals surface area contributed by atoms with Gasteiger partial charge in [0.25, 0.3) is 10.0 Å². The van der Waals surface area contributed by atoms with Gasteiger partial charge in [0.2, 0.25) is 0 Å². The Morgan fingerprint density at radius 1 is 1.62 bits per heavy atom. The van der Waals surface area contributed by atoms with E-state index in [1.165, 1.54) is 0 Å². The van der Waals surface area contributed by atoms with Gasteiger partial charge in [-0.3, -0.25) is 0 Å². The SMILES string of the molecule is CC1CS(=O)(=O)N=N1. The molecule has 1 aliphatic heterocycles. The molecule has 0 aliphatic carbocycles. The van der Waals surface area contributed by atoms with Crippen molar-refractivity contribution in [3.8, 4) is 0 Å². The van der Waals surface area contributed by atoms with Crippen LogP contribution < -0.4 is 0 Å². The predicted octanol–water partition coefficient (Wildman–Crippen LogP) is 0.170. The van der Waals surface area contributed by atoms with E-state index in [0.717, 1.165) is 0 Å². The lowest BCUT2D eigenvalue weighted by Crippen LogP contribution is -2.05. The normalized spacial score (nSPS) is 33.4. The average Bonchev–Trinajstić information content (AvgIpc) is 1.82. The third kappa shape index (κ3) is 1.03. The molecule has 1 heterocycles. The molecule has 0 saturated carbocycles. The van der Waals surface area contributed by atoms with Crippen molar-refractivity contribution in [1.82, 2.24) is 0 Å². The van der Waals surface area contributed by atoms with Gasteiger partial charge in [0.15, 0.2) is 0 Å². The zero-order valence-electron chi connectivity index (χ0n) is 4.40. The number of sulfonamides is 1. The first-order chi connectivity index (χ1) is 3.60. The number of rotatable bonds is 0. The maximum absolute atomic E-state index is 10.4. The topological polar surface area (TPSA) is 58.9 Å². The van der Waals surface area contributed by atoms with Gasteiger partial charge in [0.05, 0.1) is 11.8 Å². The average molecular weight is 134 g/mol. The van der Waals surface area contributed by atoms with Crippen LogP contribution in [0.4, 0.5) is 0 Å². The van der Waals surface area contributed by atoms with E-state index in [-0.39, 0.29) is 11.8 Å². The van der Waals surface area contributed by atoms with Crippen molar-refractivity contribution < 1.29 is 8.42 Å². The lowest BCUT2D eigenvalue weighted by atomic mass is 10.4. The lowest BCUT2D eigenvalue weighted by Gasteiger charge is -1.85. The fraction of sp³-hybridized carbons (Fsp3) is 1.00. The van der Waals surface area contributed by atoms with Gasteiger partial charge in [0.1, 0.15) is 0 Å². The molecule has 0 aromatic rings. The van der Waals surface area contributed by atoms with Crippen LogP contribution in [0.1, 0.15) is 6.92 Å². The summed E-state index contributed by atoms with van der Waals surface area (Å²) in [5.74, 6) is 0.0764. The largest absolute Gasteiger partial charge is 0.272 e. The van der Waals surface area contributed by atoms with Crippen LogP contribution in [0.2, 0.25) is 0 Å². The molecular weight excluding hydrogens is 128 g/mol. The summed E-state index contributed by atoms with van der Waals surface area (Å²) in [5, 5.41) is 3.43. The van der Waals surface area contributed by atoms with Crippen molar-refractivity contribution >= 4 is 10.0 Å². The molecule has 0 bridgehead atoms. The Morgan fingerprint density at radius 3 is 2.38 bits per heavy atom. The summed E-state index contributed by atoms with van der Waals surface area (Å²) in [6.07, 6.45) is 0. The Morgan fingerprint density at radius 2 is 2.25 bits per heavy atom. The van der Waals surface area contributed by atoms with E-state index in [0.29, 0.717) is 0 Å². The van der Waals surface area contributed by atoms with Gasteiger partial charge in [0, 0.05) is 0 Å². The fourth-order valence-corrected chi connectivity index (χ4v) is 1.57.